The largest absolute Gasteiger partial charge is 0.490 e. The van der Waals surface area contributed by atoms with Crippen molar-refractivity contribution in [3.05, 3.63) is 23.2 Å². The lowest BCUT2D eigenvalue weighted by Gasteiger charge is -2.22. The predicted octanol–water partition coefficient (Wildman–Crippen LogP) is 2.21. The molecule has 0 saturated carbocycles. The molecule has 0 spiro atoms. The van der Waals surface area contributed by atoms with E-state index in [1.807, 2.05) is 0 Å². The van der Waals surface area contributed by atoms with Crippen LogP contribution in [0.5, 0.6) is 5.75 Å². The second kappa shape index (κ2) is 6.79. The Morgan fingerprint density at radius 3 is 2.59 bits per heavy atom. The number of carbonyl (C=O) groups excluding carboxylic acids is 3. The van der Waals surface area contributed by atoms with Gasteiger partial charge in [-0.3, -0.25) is 19.3 Å². The molecule has 1 aliphatic heterocycles. The fraction of sp³-hybridized carbons (Fsp3) is 0.400. The lowest BCUT2D eigenvalue weighted by atomic mass is 10.2. The Bertz CT molecular complexity index is 602. The van der Waals surface area contributed by atoms with Crippen LogP contribution < -0.4 is 10.1 Å². The van der Waals surface area contributed by atoms with Gasteiger partial charge in [-0.05, 0) is 26.0 Å². The number of nitrogens with one attached hydrogen (secondary N) is 1. The fourth-order valence-electron chi connectivity index (χ4n) is 2.28. The van der Waals surface area contributed by atoms with E-state index in [1.165, 1.54) is 6.92 Å². The number of rotatable bonds is 5. The second-order valence-corrected chi connectivity index (χ2v) is 5.28. The summed E-state index contributed by atoms with van der Waals surface area (Å²) >= 11 is 6.05. The van der Waals surface area contributed by atoms with Gasteiger partial charge in [-0.25, -0.2) is 0 Å². The Kier molecular flexibility index (Phi) is 5.03. The highest BCUT2D eigenvalue weighted by molar-refractivity contribution is 6.32. The minimum Gasteiger partial charge on any atom is -0.490 e. The molecule has 6 nitrogen and oxygen atoms in total. The molecule has 0 bridgehead atoms. The van der Waals surface area contributed by atoms with E-state index in [0.717, 1.165) is 4.90 Å². The van der Waals surface area contributed by atoms with Gasteiger partial charge in [0, 0.05) is 12.8 Å². The number of benzene rings is 1. The molecule has 1 saturated heterocycles. The van der Waals surface area contributed by atoms with Gasteiger partial charge in [0.2, 0.25) is 17.7 Å². The smallest absolute Gasteiger partial charge is 0.247 e. The highest BCUT2D eigenvalue weighted by atomic mass is 35.5. The average molecular weight is 325 g/mol. The maximum absolute atomic E-state index is 12.3. The van der Waals surface area contributed by atoms with Crippen molar-refractivity contribution in [1.29, 1.82) is 0 Å². The third-order valence-electron chi connectivity index (χ3n) is 3.37. The van der Waals surface area contributed by atoms with E-state index in [9.17, 15) is 14.4 Å². The number of likely N-dealkylation sites (tertiary alicyclic amines) is 1. The van der Waals surface area contributed by atoms with Crippen molar-refractivity contribution in [1.82, 2.24) is 4.90 Å². The predicted molar refractivity (Wildman–Crippen MR) is 81.8 cm³/mol. The second-order valence-electron chi connectivity index (χ2n) is 4.87. The molecular weight excluding hydrogens is 308 g/mol. The summed E-state index contributed by atoms with van der Waals surface area (Å²) in [7, 11) is 0. The van der Waals surface area contributed by atoms with Crippen LogP contribution in [0, 0.1) is 0 Å². The summed E-state index contributed by atoms with van der Waals surface area (Å²) in [6.45, 7) is 3.71. The summed E-state index contributed by atoms with van der Waals surface area (Å²) in [4.78, 5) is 36.7. The van der Waals surface area contributed by atoms with Crippen molar-refractivity contribution in [2.45, 2.75) is 32.7 Å². The van der Waals surface area contributed by atoms with Crippen LogP contribution in [0.4, 0.5) is 5.69 Å². The lowest BCUT2D eigenvalue weighted by molar-refractivity contribution is -0.144. The Hall–Kier alpha value is -2.08. The normalized spacial score (nSPS) is 15.9. The summed E-state index contributed by atoms with van der Waals surface area (Å²) in [5, 5.41) is 3.04. The van der Waals surface area contributed by atoms with Crippen molar-refractivity contribution >= 4 is 35.0 Å². The van der Waals surface area contributed by atoms with Crippen molar-refractivity contribution in [2.24, 2.45) is 0 Å². The van der Waals surface area contributed by atoms with Crippen LogP contribution in [0.3, 0.4) is 0 Å². The zero-order valence-corrected chi connectivity index (χ0v) is 13.1. The molecule has 2 rings (SSSR count). The van der Waals surface area contributed by atoms with Gasteiger partial charge in [-0.15, -0.1) is 0 Å². The molecule has 0 radical (unpaired) electrons. The molecule has 1 heterocycles. The zero-order chi connectivity index (χ0) is 16.3. The number of amides is 3. The number of para-hydroxylation sites is 1. The molecule has 1 fully saturated rings. The van der Waals surface area contributed by atoms with E-state index in [4.69, 9.17) is 16.3 Å². The maximum atomic E-state index is 12.3. The summed E-state index contributed by atoms with van der Waals surface area (Å²) in [6.07, 6.45) is 0.301. The SMILES string of the molecule is CCOc1c(Cl)cccc1NC(=O)C(C)N1C(=O)CCC1=O. The molecule has 118 valence electrons. The Morgan fingerprint density at radius 2 is 2.00 bits per heavy atom. The van der Waals surface area contributed by atoms with Crippen molar-refractivity contribution in [3.8, 4) is 5.75 Å². The van der Waals surface area contributed by atoms with E-state index in [-0.39, 0.29) is 24.7 Å². The van der Waals surface area contributed by atoms with E-state index in [1.54, 1.807) is 25.1 Å². The van der Waals surface area contributed by atoms with Crippen LogP contribution in [0.25, 0.3) is 0 Å². The van der Waals surface area contributed by atoms with Gasteiger partial charge >= 0.3 is 0 Å². The van der Waals surface area contributed by atoms with Gasteiger partial charge < -0.3 is 10.1 Å². The first kappa shape index (κ1) is 16.3. The highest BCUT2D eigenvalue weighted by Crippen LogP contribution is 2.33. The Morgan fingerprint density at radius 1 is 1.36 bits per heavy atom. The maximum Gasteiger partial charge on any atom is 0.247 e. The van der Waals surface area contributed by atoms with Crippen LogP contribution in [0.1, 0.15) is 26.7 Å². The van der Waals surface area contributed by atoms with Gasteiger partial charge in [0.1, 0.15) is 6.04 Å². The topological polar surface area (TPSA) is 75.7 Å². The monoisotopic (exact) mass is 324 g/mol. The number of hydrogen-bond acceptors (Lipinski definition) is 4. The number of ether oxygens (including phenoxy) is 1. The van der Waals surface area contributed by atoms with Crippen LogP contribution >= 0.6 is 11.6 Å². The molecule has 1 unspecified atom stereocenters. The minimum absolute atomic E-state index is 0.151. The number of hydrogen-bond donors (Lipinski definition) is 1. The molecule has 7 heteroatoms. The van der Waals surface area contributed by atoms with Gasteiger partial charge in [0.15, 0.2) is 5.75 Å². The molecule has 1 aliphatic rings. The summed E-state index contributed by atoms with van der Waals surface area (Å²) < 4.78 is 5.42. The first-order valence-corrected chi connectivity index (χ1v) is 7.40. The van der Waals surface area contributed by atoms with Crippen molar-refractivity contribution < 1.29 is 19.1 Å². The van der Waals surface area contributed by atoms with Crippen molar-refractivity contribution in [3.63, 3.8) is 0 Å². The quantitative estimate of drug-likeness (QED) is 0.843. The van der Waals surface area contributed by atoms with E-state index < -0.39 is 11.9 Å². The third kappa shape index (κ3) is 3.22. The van der Waals surface area contributed by atoms with Gasteiger partial charge in [0.05, 0.1) is 17.3 Å². The van der Waals surface area contributed by atoms with Crippen LogP contribution in [-0.2, 0) is 14.4 Å². The van der Waals surface area contributed by atoms with Gasteiger partial charge in [0.25, 0.3) is 0 Å². The molecule has 1 aromatic rings. The minimum atomic E-state index is -0.879. The van der Waals surface area contributed by atoms with Crippen LogP contribution in [0.15, 0.2) is 18.2 Å². The first-order chi connectivity index (χ1) is 10.5. The highest BCUT2D eigenvalue weighted by Gasteiger charge is 2.36. The number of imide groups is 1. The van der Waals surface area contributed by atoms with Crippen LogP contribution in [-0.4, -0.2) is 35.3 Å². The van der Waals surface area contributed by atoms with E-state index in [0.29, 0.717) is 23.1 Å². The third-order valence-corrected chi connectivity index (χ3v) is 3.67. The number of halogens is 1. The Labute approximate surface area is 133 Å². The summed E-state index contributed by atoms with van der Waals surface area (Å²) in [6, 6.07) is 4.10. The molecule has 1 atom stereocenters. The first-order valence-electron chi connectivity index (χ1n) is 7.02. The molecular formula is C15H17ClN2O4. The molecule has 22 heavy (non-hydrogen) atoms. The number of carbonyl (C=O) groups is 3. The van der Waals surface area contributed by atoms with E-state index >= 15 is 0 Å². The summed E-state index contributed by atoms with van der Waals surface area (Å²) in [5.74, 6) is -0.759. The molecule has 1 aromatic carbocycles. The molecule has 1 N–H and O–H groups in total. The average Bonchev–Trinajstić information content (AvgIpc) is 2.81. The van der Waals surface area contributed by atoms with Crippen molar-refractivity contribution in [2.75, 3.05) is 11.9 Å². The fourth-order valence-corrected chi connectivity index (χ4v) is 2.51. The molecule has 3 amide bonds. The molecule has 0 aromatic heterocycles. The standard InChI is InChI=1S/C15H17ClN2O4/c1-3-22-14-10(16)5-4-6-11(14)17-15(21)9(2)18-12(19)7-8-13(18)20/h4-6,9H,3,7-8H2,1-2H3,(H,17,21). The lowest BCUT2D eigenvalue weighted by Crippen LogP contribution is -2.45. The Balaban J connectivity index is 2.17. The van der Waals surface area contributed by atoms with Gasteiger partial charge in [-0.1, -0.05) is 17.7 Å². The molecule has 0 aliphatic carbocycles. The van der Waals surface area contributed by atoms with Gasteiger partial charge in [-0.2, -0.15) is 0 Å². The zero-order valence-electron chi connectivity index (χ0n) is 12.4. The summed E-state index contributed by atoms with van der Waals surface area (Å²) in [5.41, 5.74) is 0.408. The van der Waals surface area contributed by atoms with Crippen LogP contribution in [0.2, 0.25) is 5.02 Å². The van der Waals surface area contributed by atoms with E-state index in [2.05, 4.69) is 5.32 Å². The number of anilines is 1. The number of nitrogens with zero attached hydrogens (tertiary/aromatic N) is 1.